The van der Waals surface area contributed by atoms with E-state index in [1.807, 2.05) is 0 Å². The SMILES string of the molecule is O=C(O)CCN(C(=O)Nc1c(F)cccc1Cl)C1CC1. The fraction of sp³-hybridized carbons (Fsp3) is 0.385. The Morgan fingerprint density at radius 2 is 2.15 bits per heavy atom. The summed E-state index contributed by atoms with van der Waals surface area (Å²) in [6, 6.07) is 3.61. The molecule has 5 nitrogen and oxygen atoms in total. The number of aliphatic carboxylic acids is 1. The smallest absolute Gasteiger partial charge is 0.322 e. The zero-order chi connectivity index (χ0) is 14.7. The van der Waals surface area contributed by atoms with Gasteiger partial charge in [0, 0.05) is 12.6 Å². The van der Waals surface area contributed by atoms with Gasteiger partial charge in [0.05, 0.1) is 17.1 Å². The molecule has 1 aromatic carbocycles. The molecule has 2 amide bonds. The molecule has 1 saturated carbocycles. The number of carboxylic acid groups (broad SMARTS) is 1. The monoisotopic (exact) mass is 300 g/mol. The second-order valence-corrected chi connectivity index (χ2v) is 5.00. The number of amides is 2. The molecule has 20 heavy (non-hydrogen) atoms. The number of hydrogen-bond acceptors (Lipinski definition) is 2. The van der Waals surface area contributed by atoms with Crippen LogP contribution in [0, 0.1) is 5.82 Å². The van der Waals surface area contributed by atoms with Gasteiger partial charge in [-0.15, -0.1) is 0 Å². The molecule has 2 N–H and O–H groups in total. The van der Waals surface area contributed by atoms with Crippen molar-refractivity contribution < 1.29 is 19.1 Å². The number of carboxylic acids is 1. The van der Waals surface area contributed by atoms with Gasteiger partial charge in [0.2, 0.25) is 0 Å². The minimum atomic E-state index is -0.979. The molecule has 0 bridgehead atoms. The molecule has 0 aromatic heterocycles. The maximum atomic E-state index is 13.6. The first-order valence-corrected chi connectivity index (χ1v) is 6.60. The van der Waals surface area contributed by atoms with Crippen LogP contribution in [-0.2, 0) is 4.79 Å². The molecule has 1 aliphatic rings. The topological polar surface area (TPSA) is 69.6 Å². The molecule has 1 aromatic rings. The van der Waals surface area contributed by atoms with Crippen LogP contribution < -0.4 is 5.32 Å². The van der Waals surface area contributed by atoms with Crippen LogP contribution in [0.3, 0.4) is 0 Å². The van der Waals surface area contributed by atoms with Crippen LogP contribution in [0.2, 0.25) is 5.02 Å². The summed E-state index contributed by atoms with van der Waals surface area (Å²) in [6.45, 7) is 0.0951. The number of nitrogens with one attached hydrogen (secondary N) is 1. The Morgan fingerprint density at radius 1 is 1.45 bits per heavy atom. The Kier molecular flexibility index (Phi) is 4.44. The lowest BCUT2D eigenvalue weighted by atomic mass is 10.3. The number of nitrogens with zero attached hydrogens (tertiary/aromatic N) is 1. The number of carbonyl (C=O) groups is 2. The number of rotatable bonds is 5. The van der Waals surface area contributed by atoms with E-state index >= 15 is 0 Å². The second-order valence-electron chi connectivity index (χ2n) is 4.60. The maximum absolute atomic E-state index is 13.6. The van der Waals surface area contributed by atoms with E-state index < -0.39 is 17.8 Å². The van der Waals surface area contributed by atoms with Crippen molar-refractivity contribution in [2.45, 2.75) is 25.3 Å². The average molecular weight is 301 g/mol. The molecular weight excluding hydrogens is 287 g/mol. The van der Waals surface area contributed by atoms with Crippen LogP contribution in [0.5, 0.6) is 0 Å². The summed E-state index contributed by atoms with van der Waals surface area (Å²) >= 11 is 5.83. The molecule has 108 valence electrons. The van der Waals surface area contributed by atoms with E-state index in [2.05, 4.69) is 5.32 Å². The fourth-order valence-corrected chi connectivity index (χ4v) is 2.06. The van der Waals surface area contributed by atoms with Crippen molar-refractivity contribution in [3.8, 4) is 0 Å². The van der Waals surface area contributed by atoms with Crippen molar-refractivity contribution in [3.05, 3.63) is 29.0 Å². The lowest BCUT2D eigenvalue weighted by Gasteiger charge is -2.22. The summed E-state index contributed by atoms with van der Waals surface area (Å²) in [5.41, 5.74) is -0.0832. The molecule has 0 radical (unpaired) electrons. The molecule has 0 heterocycles. The number of urea groups is 1. The highest BCUT2D eigenvalue weighted by Crippen LogP contribution is 2.29. The first-order valence-electron chi connectivity index (χ1n) is 6.22. The largest absolute Gasteiger partial charge is 0.481 e. The number of para-hydroxylation sites is 1. The summed E-state index contributed by atoms with van der Waals surface area (Å²) in [6.07, 6.45) is 1.52. The highest BCUT2D eigenvalue weighted by molar-refractivity contribution is 6.33. The van der Waals surface area contributed by atoms with Crippen LogP contribution in [0.1, 0.15) is 19.3 Å². The van der Waals surface area contributed by atoms with Crippen molar-refractivity contribution in [2.24, 2.45) is 0 Å². The van der Waals surface area contributed by atoms with E-state index in [1.165, 1.54) is 23.1 Å². The quantitative estimate of drug-likeness (QED) is 0.878. The predicted molar refractivity (Wildman–Crippen MR) is 72.4 cm³/mol. The van der Waals surface area contributed by atoms with E-state index in [9.17, 15) is 14.0 Å². The van der Waals surface area contributed by atoms with Crippen LogP contribution in [0.4, 0.5) is 14.9 Å². The zero-order valence-electron chi connectivity index (χ0n) is 10.6. The molecular formula is C13H14ClFN2O3. The van der Waals surface area contributed by atoms with Crippen LogP contribution in [0.15, 0.2) is 18.2 Å². The van der Waals surface area contributed by atoms with Crippen molar-refractivity contribution >= 4 is 29.3 Å². The van der Waals surface area contributed by atoms with Crippen LogP contribution >= 0.6 is 11.6 Å². The maximum Gasteiger partial charge on any atom is 0.322 e. The van der Waals surface area contributed by atoms with Gasteiger partial charge in [-0.3, -0.25) is 4.79 Å². The first-order chi connectivity index (χ1) is 9.49. The van der Waals surface area contributed by atoms with Gasteiger partial charge >= 0.3 is 12.0 Å². The Hall–Kier alpha value is -1.82. The van der Waals surface area contributed by atoms with Gasteiger partial charge in [0.25, 0.3) is 0 Å². The number of anilines is 1. The lowest BCUT2D eigenvalue weighted by molar-refractivity contribution is -0.137. The number of halogens is 2. The molecule has 0 atom stereocenters. The zero-order valence-corrected chi connectivity index (χ0v) is 11.4. The van der Waals surface area contributed by atoms with E-state index in [1.54, 1.807) is 0 Å². The van der Waals surface area contributed by atoms with Crippen LogP contribution in [-0.4, -0.2) is 34.6 Å². The Morgan fingerprint density at radius 3 is 2.70 bits per heavy atom. The van der Waals surface area contributed by atoms with Crippen molar-refractivity contribution in [3.63, 3.8) is 0 Å². The van der Waals surface area contributed by atoms with E-state index in [-0.39, 0.29) is 29.7 Å². The third kappa shape index (κ3) is 3.60. The molecule has 0 aliphatic heterocycles. The Bertz CT molecular complexity index is 514. The van der Waals surface area contributed by atoms with Gasteiger partial charge < -0.3 is 15.3 Å². The Balaban J connectivity index is 2.06. The van der Waals surface area contributed by atoms with E-state index in [0.717, 1.165) is 12.8 Å². The summed E-state index contributed by atoms with van der Waals surface area (Å²) in [7, 11) is 0. The van der Waals surface area contributed by atoms with Crippen LogP contribution in [0.25, 0.3) is 0 Å². The third-order valence-electron chi connectivity index (χ3n) is 3.01. The van der Waals surface area contributed by atoms with Gasteiger partial charge in [-0.2, -0.15) is 0 Å². The van der Waals surface area contributed by atoms with E-state index in [4.69, 9.17) is 16.7 Å². The van der Waals surface area contributed by atoms with Gasteiger partial charge in [-0.25, -0.2) is 9.18 Å². The van der Waals surface area contributed by atoms with Crippen molar-refractivity contribution in [1.82, 2.24) is 4.90 Å². The molecule has 0 saturated heterocycles. The molecule has 0 spiro atoms. The molecule has 7 heteroatoms. The number of carbonyl (C=O) groups excluding carboxylic acids is 1. The highest BCUT2D eigenvalue weighted by Gasteiger charge is 2.33. The summed E-state index contributed by atoms with van der Waals surface area (Å²) < 4.78 is 13.6. The number of hydrogen-bond donors (Lipinski definition) is 2. The second kappa shape index (κ2) is 6.09. The normalized spacial score (nSPS) is 13.9. The lowest BCUT2D eigenvalue weighted by Crippen LogP contribution is -2.38. The fourth-order valence-electron chi connectivity index (χ4n) is 1.85. The summed E-state index contributed by atoms with van der Waals surface area (Å²) in [5, 5.41) is 11.2. The molecule has 0 unspecified atom stereocenters. The summed E-state index contributed by atoms with van der Waals surface area (Å²) in [5.74, 6) is -1.60. The standard InChI is InChI=1S/C13H14ClFN2O3/c14-9-2-1-3-10(15)12(9)16-13(20)17(8-4-5-8)7-6-11(18)19/h1-3,8H,4-7H2,(H,16,20)(H,18,19). The molecule has 1 fully saturated rings. The van der Waals surface area contributed by atoms with Gasteiger partial charge in [-0.1, -0.05) is 17.7 Å². The Labute approximate surface area is 120 Å². The minimum absolute atomic E-state index is 0.0277. The third-order valence-corrected chi connectivity index (χ3v) is 3.32. The van der Waals surface area contributed by atoms with E-state index in [0.29, 0.717) is 0 Å². The van der Waals surface area contributed by atoms with Gasteiger partial charge in [-0.05, 0) is 25.0 Å². The minimum Gasteiger partial charge on any atom is -0.481 e. The van der Waals surface area contributed by atoms with Crippen molar-refractivity contribution in [2.75, 3.05) is 11.9 Å². The van der Waals surface area contributed by atoms with Crippen molar-refractivity contribution in [1.29, 1.82) is 0 Å². The average Bonchev–Trinajstić information content (AvgIpc) is 3.18. The summed E-state index contributed by atoms with van der Waals surface area (Å²) in [4.78, 5) is 24.1. The molecule has 2 rings (SSSR count). The number of benzene rings is 1. The van der Waals surface area contributed by atoms with Gasteiger partial charge in [0.1, 0.15) is 5.82 Å². The van der Waals surface area contributed by atoms with Gasteiger partial charge in [0.15, 0.2) is 0 Å². The first kappa shape index (κ1) is 14.6. The molecule has 1 aliphatic carbocycles. The highest BCUT2D eigenvalue weighted by atomic mass is 35.5. The predicted octanol–water partition coefficient (Wildman–Crippen LogP) is 2.95.